The number of anilines is 3. The van der Waals surface area contributed by atoms with Gasteiger partial charge in [0.05, 0.1) is 10.8 Å². The summed E-state index contributed by atoms with van der Waals surface area (Å²) in [6.45, 7) is 0. The number of rotatable bonds is 7. The zero-order valence-electron chi connectivity index (χ0n) is 40.2. The first-order chi connectivity index (χ1) is 35.2. The summed E-state index contributed by atoms with van der Waals surface area (Å²) in [5.41, 5.74) is 17.3. The van der Waals surface area contributed by atoms with Crippen LogP contribution in [0.15, 0.2) is 212 Å². The predicted molar refractivity (Wildman–Crippen MR) is 289 cm³/mol. The fourth-order valence-corrected chi connectivity index (χ4v) is 13.8. The van der Waals surface area contributed by atoms with E-state index in [0.29, 0.717) is 11.8 Å². The van der Waals surface area contributed by atoms with E-state index in [9.17, 15) is 0 Å². The maximum Gasteiger partial charge on any atom is 0.132 e. The highest BCUT2D eigenvalue weighted by atomic mass is 16.5. The maximum atomic E-state index is 7.14. The highest BCUT2D eigenvalue weighted by Gasteiger charge is 2.52. The van der Waals surface area contributed by atoms with Crippen molar-refractivity contribution in [2.24, 2.45) is 0 Å². The van der Waals surface area contributed by atoms with Gasteiger partial charge in [-0.2, -0.15) is 0 Å². The highest BCUT2D eigenvalue weighted by Crippen LogP contribution is 2.64. The van der Waals surface area contributed by atoms with Crippen LogP contribution in [0.4, 0.5) is 17.1 Å². The topological polar surface area (TPSA) is 21.7 Å². The lowest BCUT2D eigenvalue weighted by Gasteiger charge is -2.42. The summed E-state index contributed by atoms with van der Waals surface area (Å²) in [6.07, 6.45) is 12.8. The van der Waals surface area contributed by atoms with Gasteiger partial charge >= 0.3 is 0 Å². The summed E-state index contributed by atoms with van der Waals surface area (Å²) in [7, 11) is 0. The second-order valence-corrected chi connectivity index (χ2v) is 20.7. The fraction of sp³-hybridized carbons (Fsp3) is 0.206. The van der Waals surface area contributed by atoms with Crippen molar-refractivity contribution in [3.05, 3.63) is 268 Å². The van der Waals surface area contributed by atoms with Gasteiger partial charge in [-0.15, -0.1) is 0 Å². The van der Waals surface area contributed by atoms with Gasteiger partial charge in [0, 0.05) is 39.3 Å². The van der Waals surface area contributed by atoms with E-state index in [2.05, 4.69) is 217 Å². The number of benzene rings is 9. The largest absolute Gasteiger partial charge is 0.457 e. The Morgan fingerprint density at radius 1 is 0.310 bits per heavy atom. The van der Waals surface area contributed by atoms with Crippen LogP contribution in [-0.2, 0) is 10.8 Å². The molecule has 14 rings (SSSR count). The van der Waals surface area contributed by atoms with Crippen molar-refractivity contribution >= 4 is 17.1 Å². The Morgan fingerprint density at radius 3 is 1.34 bits per heavy atom. The molecule has 0 amide bonds. The van der Waals surface area contributed by atoms with Crippen molar-refractivity contribution in [3.8, 4) is 34.1 Å². The highest BCUT2D eigenvalue weighted by molar-refractivity contribution is 5.91. The van der Waals surface area contributed by atoms with Crippen LogP contribution in [0.1, 0.15) is 132 Å². The first-order valence-corrected chi connectivity index (χ1v) is 26.3. The number of hydrogen-bond donors (Lipinski definition) is 0. The summed E-state index contributed by atoms with van der Waals surface area (Å²) >= 11 is 0. The van der Waals surface area contributed by atoms with E-state index in [4.69, 9.17) is 9.47 Å². The molecule has 0 radical (unpaired) electrons. The van der Waals surface area contributed by atoms with Crippen LogP contribution in [0.3, 0.4) is 0 Å². The van der Waals surface area contributed by atoms with Crippen LogP contribution in [0.25, 0.3) is 11.1 Å². The minimum absolute atomic E-state index is 0.552. The number of ether oxygens (including phenoxy) is 2. The van der Waals surface area contributed by atoms with E-state index in [-0.39, 0.29) is 0 Å². The Kier molecular flexibility index (Phi) is 10.2. The molecule has 2 fully saturated rings. The van der Waals surface area contributed by atoms with Crippen LogP contribution < -0.4 is 14.4 Å². The molecular weight excluding hydrogens is 863 g/mol. The SMILES string of the molecule is c1ccc(N(c2ccc3c(c2)C(c2ccccc2)(c2ccccc2)c2ccccc2O3)c2ccc3c(c2)C2(c4cc(C5CCCCC5)ccc4Oc4ccc(C5CCCCC5)cc42)c2ccccc2-3)cc1. The Labute approximate surface area is 418 Å². The van der Waals surface area contributed by atoms with Gasteiger partial charge in [0.15, 0.2) is 0 Å². The van der Waals surface area contributed by atoms with E-state index in [1.165, 1.54) is 120 Å². The molecule has 2 saturated carbocycles. The normalized spacial score (nSPS) is 17.1. The van der Waals surface area contributed by atoms with Gasteiger partial charge in [0.25, 0.3) is 0 Å². The standard InChI is InChI=1S/C68H57NO2/c1-6-20-46(21-7-1)48-34-39-64-60(42-48)68(61-43-49(35-40-65(61)71-64)47-22-8-2-9-23-47)57-31-17-16-30-55(57)56-38-36-53(44-59(56)68)69(52-28-14-5-15-29-52)54-37-41-66-62(45-54)67(50-24-10-3-11-25-50,51-26-12-4-13-27-51)58-32-18-19-33-63(58)70-66/h3-5,10-19,24-47H,1-2,6-9,20-23H2. The van der Waals surface area contributed by atoms with Crippen LogP contribution in [0, 0.1) is 0 Å². The average molecular weight is 920 g/mol. The summed E-state index contributed by atoms with van der Waals surface area (Å²) in [6, 6.07) is 79.5. The van der Waals surface area contributed by atoms with Gasteiger partial charge in [0.1, 0.15) is 23.0 Å². The van der Waals surface area contributed by atoms with Crippen LogP contribution in [0.2, 0.25) is 0 Å². The minimum Gasteiger partial charge on any atom is -0.457 e. The molecule has 0 unspecified atom stereocenters. The predicted octanol–water partition coefficient (Wildman–Crippen LogP) is 18.2. The van der Waals surface area contributed by atoms with E-state index in [1.807, 2.05) is 0 Å². The summed E-state index contributed by atoms with van der Waals surface area (Å²) in [5.74, 6) is 4.76. The molecular formula is C68H57NO2. The molecule has 9 aromatic carbocycles. The number of fused-ring (bicyclic) bond motifs is 11. The molecule has 0 bridgehead atoms. The van der Waals surface area contributed by atoms with Crippen LogP contribution >= 0.6 is 0 Å². The maximum absolute atomic E-state index is 7.14. The monoisotopic (exact) mass is 919 g/mol. The smallest absolute Gasteiger partial charge is 0.132 e. The molecule has 0 N–H and O–H groups in total. The van der Waals surface area contributed by atoms with Crippen molar-refractivity contribution < 1.29 is 9.47 Å². The summed E-state index contributed by atoms with van der Waals surface area (Å²) < 4.78 is 14.1. The molecule has 346 valence electrons. The first-order valence-electron chi connectivity index (χ1n) is 26.3. The quantitative estimate of drug-likeness (QED) is 0.159. The van der Waals surface area contributed by atoms with Gasteiger partial charge in [0.2, 0.25) is 0 Å². The lowest BCUT2D eigenvalue weighted by molar-refractivity contribution is 0.424. The average Bonchev–Trinajstić information content (AvgIpc) is 3.73. The lowest BCUT2D eigenvalue weighted by Crippen LogP contribution is -2.34. The molecule has 3 aliphatic carbocycles. The minimum atomic E-state index is -0.656. The zero-order chi connectivity index (χ0) is 46.9. The molecule has 3 heteroatoms. The van der Waals surface area contributed by atoms with Crippen molar-refractivity contribution in [2.75, 3.05) is 4.90 Å². The fourth-order valence-electron chi connectivity index (χ4n) is 13.8. The van der Waals surface area contributed by atoms with Crippen LogP contribution in [-0.4, -0.2) is 0 Å². The van der Waals surface area contributed by atoms with Crippen molar-refractivity contribution in [1.82, 2.24) is 0 Å². The van der Waals surface area contributed by atoms with Crippen molar-refractivity contribution in [2.45, 2.75) is 86.9 Å². The van der Waals surface area contributed by atoms with E-state index in [1.54, 1.807) is 0 Å². The molecule has 0 saturated heterocycles. The van der Waals surface area contributed by atoms with Gasteiger partial charge in [-0.05, 0) is 143 Å². The Morgan fingerprint density at radius 2 is 0.746 bits per heavy atom. The molecule has 9 aromatic rings. The summed E-state index contributed by atoms with van der Waals surface area (Å²) in [4.78, 5) is 2.47. The molecule has 0 aromatic heterocycles. The second-order valence-electron chi connectivity index (χ2n) is 20.7. The molecule has 71 heavy (non-hydrogen) atoms. The molecule has 2 heterocycles. The second kappa shape index (κ2) is 17.1. The Balaban J connectivity index is 1.02. The van der Waals surface area contributed by atoms with Crippen molar-refractivity contribution in [3.63, 3.8) is 0 Å². The van der Waals surface area contributed by atoms with Gasteiger partial charge in [-0.25, -0.2) is 0 Å². The third-order valence-corrected chi connectivity index (χ3v) is 17.0. The molecule has 1 spiro atoms. The third-order valence-electron chi connectivity index (χ3n) is 17.0. The van der Waals surface area contributed by atoms with E-state index >= 15 is 0 Å². The van der Waals surface area contributed by atoms with E-state index < -0.39 is 10.8 Å². The third kappa shape index (κ3) is 6.55. The lowest BCUT2D eigenvalue weighted by atomic mass is 9.63. The molecule has 2 aliphatic heterocycles. The number of nitrogens with zero attached hydrogens (tertiary/aromatic N) is 1. The number of hydrogen-bond acceptors (Lipinski definition) is 3. The van der Waals surface area contributed by atoms with Gasteiger partial charge in [-0.3, -0.25) is 0 Å². The van der Waals surface area contributed by atoms with E-state index in [0.717, 1.165) is 51.2 Å². The van der Waals surface area contributed by atoms with Gasteiger partial charge in [-0.1, -0.05) is 190 Å². The summed E-state index contributed by atoms with van der Waals surface area (Å²) in [5, 5.41) is 0. The number of para-hydroxylation sites is 2. The first kappa shape index (κ1) is 42.3. The Bertz CT molecular complexity index is 3350. The van der Waals surface area contributed by atoms with Crippen LogP contribution in [0.5, 0.6) is 23.0 Å². The molecule has 0 atom stereocenters. The Hall–Kier alpha value is -7.62. The van der Waals surface area contributed by atoms with Crippen molar-refractivity contribution in [1.29, 1.82) is 0 Å². The molecule has 3 nitrogen and oxygen atoms in total. The zero-order valence-corrected chi connectivity index (χ0v) is 40.2. The van der Waals surface area contributed by atoms with Gasteiger partial charge < -0.3 is 14.4 Å². The molecule has 5 aliphatic rings.